The van der Waals surface area contributed by atoms with E-state index in [2.05, 4.69) is 0 Å². The molecule has 0 saturated carbocycles. The van der Waals surface area contributed by atoms with Crippen molar-refractivity contribution in [3.05, 3.63) is 70.0 Å². The van der Waals surface area contributed by atoms with Gasteiger partial charge in [-0.3, -0.25) is 4.79 Å². The van der Waals surface area contributed by atoms with Crippen LogP contribution in [-0.2, 0) is 14.8 Å². The van der Waals surface area contributed by atoms with Crippen molar-refractivity contribution < 1.29 is 17.6 Å². The fourth-order valence-electron chi connectivity index (χ4n) is 2.82. The summed E-state index contributed by atoms with van der Waals surface area (Å²) < 4.78 is 39.8. The minimum absolute atomic E-state index is 0.00935. The molecule has 1 saturated heterocycles. The number of rotatable bonds is 4. The molecular weight excluding hydrogens is 426 g/mol. The zero-order chi connectivity index (χ0) is 20.3. The van der Waals surface area contributed by atoms with Crippen LogP contribution in [0.3, 0.4) is 0 Å². The molecular formula is C19H17Cl2FN2O3S. The number of nitrogens with zero attached hydrogens (tertiary/aromatic N) is 2. The van der Waals surface area contributed by atoms with E-state index in [1.165, 1.54) is 40.7 Å². The number of amides is 1. The number of sulfonamides is 1. The number of hydrogen-bond donors (Lipinski definition) is 0. The molecule has 5 nitrogen and oxygen atoms in total. The van der Waals surface area contributed by atoms with Gasteiger partial charge in [-0.15, -0.1) is 0 Å². The maximum Gasteiger partial charge on any atom is 0.246 e. The molecule has 0 radical (unpaired) electrons. The van der Waals surface area contributed by atoms with Crippen LogP contribution < -0.4 is 0 Å². The predicted molar refractivity (Wildman–Crippen MR) is 107 cm³/mol. The molecule has 0 spiro atoms. The molecule has 0 atom stereocenters. The Bertz CT molecular complexity index is 1000. The Morgan fingerprint density at radius 2 is 1.64 bits per heavy atom. The van der Waals surface area contributed by atoms with Crippen LogP contribution in [0, 0.1) is 5.82 Å². The lowest BCUT2D eigenvalue weighted by Gasteiger charge is -2.33. The minimum atomic E-state index is -3.80. The molecule has 28 heavy (non-hydrogen) atoms. The van der Waals surface area contributed by atoms with Crippen molar-refractivity contribution in [2.45, 2.75) is 4.90 Å². The van der Waals surface area contributed by atoms with Crippen molar-refractivity contribution >= 4 is 45.2 Å². The van der Waals surface area contributed by atoms with Crippen LogP contribution in [0.4, 0.5) is 4.39 Å². The average molecular weight is 443 g/mol. The summed E-state index contributed by atoms with van der Waals surface area (Å²) in [7, 11) is -3.80. The Morgan fingerprint density at radius 3 is 2.29 bits per heavy atom. The van der Waals surface area contributed by atoms with Crippen LogP contribution in [0.2, 0.25) is 10.0 Å². The van der Waals surface area contributed by atoms with Crippen molar-refractivity contribution in [1.82, 2.24) is 9.21 Å². The maximum absolute atomic E-state index is 12.9. The SMILES string of the molecule is O=C(/C=C/c1ccc(F)cc1)N1CCN(S(=O)(=O)c2cccc(Cl)c2Cl)CC1. The van der Waals surface area contributed by atoms with Gasteiger partial charge in [-0.2, -0.15) is 4.31 Å². The number of halogens is 3. The summed E-state index contributed by atoms with van der Waals surface area (Å²) in [6.45, 7) is 0.816. The lowest BCUT2D eigenvalue weighted by molar-refractivity contribution is -0.127. The van der Waals surface area contributed by atoms with Gasteiger partial charge in [0.25, 0.3) is 0 Å². The van der Waals surface area contributed by atoms with Crippen molar-refractivity contribution in [1.29, 1.82) is 0 Å². The topological polar surface area (TPSA) is 57.7 Å². The highest BCUT2D eigenvalue weighted by molar-refractivity contribution is 7.89. The van der Waals surface area contributed by atoms with Crippen molar-refractivity contribution in [2.24, 2.45) is 0 Å². The third-order valence-corrected chi connectivity index (χ3v) is 7.24. The molecule has 9 heteroatoms. The normalized spacial score (nSPS) is 15.9. The number of benzene rings is 2. The Labute approximate surface area is 173 Å². The number of hydrogen-bond acceptors (Lipinski definition) is 3. The van der Waals surface area contributed by atoms with Crippen molar-refractivity contribution in [3.63, 3.8) is 0 Å². The van der Waals surface area contributed by atoms with Crippen LogP contribution in [-0.4, -0.2) is 49.7 Å². The Balaban J connectivity index is 1.64. The first kappa shape index (κ1) is 20.8. The first-order valence-electron chi connectivity index (χ1n) is 8.46. The van der Waals surface area contributed by atoms with Crippen LogP contribution in [0.5, 0.6) is 0 Å². The van der Waals surface area contributed by atoms with E-state index in [0.29, 0.717) is 5.56 Å². The lowest BCUT2D eigenvalue weighted by atomic mass is 10.2. The fourth-order valence-corrected chi connectivity index (χ4v) is 4.98. The van der Waals surface area contributed by atoms with Crippen LogP contribution in [0.25, 0.3) is 6.08 Å². The van der Waals surface area contributed by atoms with Crippen LogP contribution >= 0.6 is 23.2 Å². The Kier molecular flexibility index (Phi) is 6.40. The summed E-state index contributed by atoms with van der Waals surface area (Å²) in [6.07, 6.45) is 2.99. The van der Waals surface area contributed by atoms with E-state index in [1.54, 1.807) is 23.1 Å². The van der Waals surface area contributed by atoms with Crippen LogP contribution in [0.15, 0.2) is 53.4 Å². The molecule has 1 heterocycles. The van der Waals surface area contributed by atoms with Gasteiger partial charge in [-0.25, -0.2) is 12.8 Å². The standard InChI is InChI=1S/C19H17Cl2FN2O3S/c20-16-2-1-3-17(19(16)21)28(26,27)24-12-10-23(11-13-24)18(25)9-6-14-4-7-15(22)8-5-14/h1-9H,10-13H2/b9-6+. The highest BCUT2D eigenvalue weighted by Gasteiger charge is 2.31. The van der Waals surface area contributed by atoms with E-state index in [0.717, 1.165) is 0 Å². The first-order valence-corrected chi connectivity index (χ1v) is 10.7. The first-order chi connectivity index (χ1) is 13.3. The number of carbonyl (C=O) groups excluding carboxylic acids is 1. The Hall–Kier alpha value is -1.93. The molecule has 1 amide bonds. The highest BCUT2D eigenvalue weighted by Crippen LogP contribution is 2.31. The lowest BCUT2D eigenvalue weighted by Crippen LogP contribution is -2.50. The van der Waals surface area contributed by atoms with E-state index >= 15 is 0 Å². The number of piperazine rings is 1. The zero-order valence-electron chi connectivity index (χ0n) is 14.7. The molecule has 0 aliphatic carbocycles. The molecule has 148 valence electrons. The molecule has 1 aliphatic heterocycles. The van der Waals surface area contributed by atoms with E-state index in [4.69, 9.17) is 23.2 Å². The second kappa shape index (κ2) is 8.61. The fraction of sp³-hybridized carbons (Fsp3) is 0.211. The molecule has 3 rings (SSSR count). The van der Waals surface area contributed by atoms with E-state index < -0.39 is 10.0 Å². The number of carbonyl (C=O) groups is 1. The summed E-state index contributed by atoms with van der Waals surface area (Å²) >= 11 is 12.0. The summed E-state index contributed by atoms with van der Waals surface area (Å²) in [5.41, 5.74) is 0.701. The van der Waals surface area contributed by atoms with Crippen molar-refractivity contribution in [2.75, 3.05) is 26.2 Å². The molecule has 2 aromatic rings. The minimum Gasteiger partial charge on any atom is -0.337 e. The van der Waals surface area contributed by atoms with Gasteiger partial charge >= 0.3 is 0 Å². The molecule has 0 bridgehead atoms. The highest BCUT2D eigenvalue weighted by atomic mass is 35.5. The second-order valence-corrected chi connectivity index (χ2v) is 8.86. The molecule has 0 unspecified atom stereocenters. The largest absolute Gasteiger partial charge is 0.337 e. The quantitative estimate of drug-likeness (QED) is 0.678. The summed E-state index contributed by atoms with van der Waals surface area (Å²) in [5.74, 6) is -0.581. The molecule has 1 aliphatic rings. The molecule has 0 aromatic heterocycles. The average Bonchev–Trinajstić information content (AvgIpc) is 2.69. The molecule has 0 N–H and O–H groups in total. The summed E-state index contributed by atoms with van der Waals surface area (Å²) in [6, 6.07) is 10.2. The smallest absolute Gasteiger partial charge is 0.246 e. The monoisotopic (exact) mass is 442 g/mol. The third-order valence-electron chi connectivity index (χ3n) is 4.37. The van der Waals surface area contributed by atoms with Gasteiger partial charge in [0.15, 0.2) is 0 Å². The molecule has 2 aromatic carbocycles. The van der Waals surface area contributed by atoms with Gasteiger partial charge < -0.3 is 4.90 Å². The molecule has 1 fully saturated rings. The van der Waals surface area contributed by atoms with Gasteiger partial charge in [0, 0.05) is 32.3 Å². The summed E-state index contributed by atoms with van der Waals surface area (Å²) in [4.78, 5) is 13.8. The third kappa shape index (κ3) is 4.55. The van der Waals surface area contributed by atoms with E-state index in [9.17, 15) is 17.6 Å². The van der Waals surface area contributed by atoms with Crippen LogP contribution in [0.1, 0.15) is 5.56 Å². The summed E-state index contributed by atoms with van der Waals surface area (Å²) in [5, 5.41) is 0.160. The second-order valence-electron chi connectivity index (χ2n) is 6.17. The van der Waals surface area contributed by atoms with Crippen molar-refractivity contribution in [3.8, 4) is 0 Å². The Morgan fingerprint density at radius 1 is 1.00 bits per heavy atom. The zero-order valence-corrected chi connectivity index (χ0v) is 17.0. The van der Waals surface area contributed by atoms with Gasteiger partial charge in [-0.1, -0.05) is 41.4 Å². The predicted octanol–water partition coefficient (Wildman–Crippen LogP) is 3.68. The van der Waals surface area contributed by atoms with Gasteiger partial charge in [0.1, 0.15) is 10.7 Å². The van der Waals surface area contributed by atoms with Gasteiger partial charge in [0.2, 0.25) is 15.9 Å². The maximum atomic E-state index is 12.9. The van der Waals surface area contributed by atoms with Gasteiger partial charge in [0.05, 0.1) is 10.0 Å². The van der Waals surface area contributed by atoms with E-state index in [1.807, 2.05) is 0 Å². The van der Waals surface area contributed by atoms with Gasteiger partial charge in [-0.05, 0) is 35.9 Å². The van der Waals surface area contributed by atoms with E-state index in [-0.39, 0.29) is 52.8 Å².